The second-order valence-corrected chi connectivity index (χ2v) is 5.95. The van der Waals surface area contributed by atoms with Crippen LogP contribution in [0.25, 0.3) is 10.9 Å². The van der Waals surface area contributed by atoms with Gasteiger partial charge in [-0.2, -0.15) is 0 Å². The molecule has 0 saturated heterocycles. The Morgan fingerprint density at radius 2 is 2.11 bits per heavy atom. The van der Waals surface area contributed by atoms with Crippen molar-refractivity contribution in [1.29, 1.82) is 0 Å². The van der Waals surface area contributed by atoms with Crippen molar-refractivity contribution in [2.45, 2.75) is 6.42 Å². The third-order valence-corrected chi connectivity index (χ3v) is 3.59. The minimum atomic E-state index is -3.47. The van der Waals surface area contributed by atoms with Crippen LogP contribution in [-0.2, 0) is 10.0 Å². The third kappa shape index (κ3) is 3.55. The van der Waals surface area contributed by atoms with Crippen molar-refractivity contribution in [2.75, 3.05) is 12.3 Å². The number of H-pyrrole nitrogens is 1. The fourth-order valence-electron chi connectivity index (χ4n) is 1.85. The lowest BCUT2D eigenvalue weighted by Gasteiger charge is -2.05. The van der Waals surface area contributed by atoms with Crippen molar-refractivity contribution < 1.29 is 13.2 Å². The highest BCUT2D eigenvalue weighted by molar-refractivity contribution is 7.89. The van der Waals surface area contributed by atoms with Gasteiger partial charge in [0, 0.05) is 29.2 Å². The fraction of sp³-hybridized carbons (Fsp3) is 0.250. The van der Waals surface area contributed by atoms with Crippen LogP contribution in [0.1, 0.15) is 16.8 Å². The van der Waals surface area contributed by atoms with Gasteiger partial charge in [-0.05, 0) is 24.6 Å². The molecule has 2 aromatic rings. The summed E-state index contributed by atoms with van der Waals surface area (Å²) in [6, 6.07) is 7.23. The number of carbonyl (C=O) groups is 1. The van der Waals surface area contributed by atoms with Gasteiger partial charge in [-0.3, -0.25) is 4.79 Å². The van der Waals surface area contributed by atoms with E-state index >= 15 is 0 Å². The van der Waals surface area contributed by atoms with Crippen LogP contribution in [0.3, 0.4) is 0 Å². The first kappa shape index (κ1) is 13.6. The maximum Gasteiger partial charge on any atom is 0.251 e. The number of primary sulfonamides is 1. The molecule has 6 nitrogen and oxygen atoms in total. The first-order valence-electron chi connectivity index (χ1n) is 5.82. The van der Waals surface area contributed by atoms with Crippen LogP contribution >= 0.6 is 0 Å². The zero-order valence-electron chi connectivity index (χ0n) is 10.2. The van der Waals surface area contributed by atoms with E-state index in [2.05, 4.69) is 10.3 Å². The first-order valence-corrected chi connectivity index (χ1v) is 7.54. The summed E-state index contributed by atoms with van der Waals surface area (Å²) < 4.78 is 21.5. The number of hydrogen-bond donors (Lipinski definition) is 3. The van der Waals surface area contributed by atoms with Crippen molar-refractivity contribution in [3.8, 4) is 0 Å². The van der Waals surface area contributed by atoms with Crippen LogP contribution in [-0.4, -0.2) is 31.6 Å². The molecule has 0 saturated carbocycles. The fourth-order valence-corrected chi connectivity index (χ4v) is 2.40. The molecule has 19 heavy (non-hydrogen) atoms. The predicted octanol–water partition coefficient (Wildman–Crippen LogP) is 0.576. The van der Waals surface area contributed by atoms with Gasteiger partial charge >= 0.3 is 0 Å². The van der Waals surface area contributed by atoms with Gasteiger partial charge in [-0.1, -0.05) is 6.07 Å². The Labute approximate surface area is 111 Å². The van der Waals surface area contributed by atoms with Gasteiger partial charge in [0.1, 0.15) is 0 Å². The Kier molecular flexibility index (Phi) is 3.87. The second-order valence-electron chi connectivity index (χ2n) is 4.22. The van der Waals surface area contributed by atoms with Crippen LogP contribution in [0.2, 0.25) is 0 Å². The number of amides is 1. The Morgan fingerprint density at radius 1 is 1.32 bits per heavy atom. The molecule has 0 atom stereocenters. The molecular formula is C12H15N3O3S. The summed E-state index contributed by atoms with van der Waals surface area (Å²) >= 11 is 0. The molecule has 1 amide bonds. The molecule has 0 radical (unpaired) electrons. The van der Waals surface area contributed by atoms with E-state index < -0.39 is 10.0 Å². The molecular weight excluding hydrogens is 266 g/mol. The number of rotatable bonds is 5. The minimum Gasteiger partial charge on any atom is -0.361 e. The Balaban J connectivity index is 1.99. The highest BCUT2D eigenvalue weighted by atomic mass is 32.2. The topological polar surface area (TPSA) is 105 Å². The van der Waals surface area contributed by atoms with Gasteiger partial charge in [0.15, 0.2) is 0 Å². The van der Waals surface area contributed by atoms with Crippen LogP contribution in [0.4, 0.5) is 0 Å². The smallest absolute Gasteiger partial charge is 0.251 e. The number of nitrogens with one attached hydrogen (secondary N) is 2. The maximum absolute atomic E-state index is 12.0. The van der Waals surface area contributed by atoms with Crippen LogP contribution < -0.4 is 10.5 Å². The van der Waals surface area contributed by atoms with Crippen LogP contribution in [0, 0.1) is 0 Å². The zero-order chi connectivity index (χ0) is 13.9. The summed E-state index contributed by atoms with van der Waals surface area (Å²) in [6.45, 7) is 0.274. The number of sulfonamides is 1. The van der Waals surface area contributed by atoms with E-state index in [1.807, 2.05) is 12.1 Å². The lowest BCUT2D eigenvalue weighted by atomic mass is 10.1. The summed E-state index contributed by atoms with van der Waals surface area (Å²) in [7, 11) is -3.47. The molecule has 102 valence electrons. The molecule has 1 aromatic heterocycles. The van der Waals surface area contributed by atoms with Crippen molar-refractivity contribution in [2.24, 2.45) is 5.14 Å². The van der Waals surface area contributed by atoms with E-state index in [1.165, 1.54) is 0 Å². The molecule has 0 fully saturated rings. The number of carbonyl (C=O) groups excluding carboxylic acids is 1. The van der Waals surface area contributed by atoms with Crippen molar-refractivity contribution in [1.82, 2.24) is 10.3 Å². The van der Waals surface area contributed by atoms with Crippen LogP contribution in [0.5, 0.6) is 0 Å². The van der Waals surface area contributed by atoms with Crippen LogP contribution in [0.15, 0.2) is 30.5 Å². The molecule has 2 rings (SSSR count). The van der Waals surface area contributed by atoms with Crippen molar-refractivity contribution >= 4 is 26.8 Å². The van der Waals surface area contributed by atoms with Crippen molar-refractivity contribution in [3.63, 3.8) is 0 Å². The molecule has 0 bridgehead atoms. The van der Waals surface area contributed by atoms with Gasteiger partial charge in [0.05, 0.1) is 5.75 Å². The summed E-state index contributed by atoms with van der Waals surface area (Å²) in [5, 5.41) is 8.40. The highest BCUT2D eigenvalue weighted by Gasteiger charge is 2.10. The monoisotopic (exact) mass is 281 g/mol. The lowest BCUT2D eigenvalue weighted by Crippen LogP contribution is -2.27. The summed E-state index contributed by atoms with van der Waals surface area (Å²) in [4.78, 5) is 15.0. The average Bonchev–Trinajstić information content (AvgIpc) is 2.81. The van der Waals surface area contributed by atoms with Gasteiger partial charge < -0.3 is 10.3 Å². The Bertz CT molecular complexity index is 691. The number of aromatic amines is 1. The SMILES string of the molecule is NS(=O)(=O)CCCNC(=O)c1cccc2[nH]ccc12. The summed E-state index contributed by atoms with van der Waals surface area (Å²) in [5.41, 5.74) is 1.45. The third-order valence-electron chi connectivity index (χ3n) is 2.73. The molecule has 1 aromatic carbocycles. The quantitative estimate of drug-likeness (QED) is 0.698. The highest BCUT2D eigenvalue weighted by Crippen LogP contribution is 2.16. The van der Waals surface area contributed by atoms with E-state index in [0.29, 0.717) is 12.0 Å². The molecule has 0 aliphatic carbocycles. The van der Waals surface area contributed by atoms with E-state index in [0.717, 1.165) is 10.9 Å². The number of nitrogens with two attached hydrogens (primary N) is 1. The summed E-state index contributed by atoms with van der Waals surface area (Å²) in [5.74, 6) is -0.360. The van der Waals surface area contributed by atoms with Gasteiger partial charge in [0.2, 0.25) is 10.0 Å². The number of fused-ring (bicyclic) bond motifs is 1. The Morgan fingerprint density at radius 3 is 2.84 bits per heavy atom. The molecule has 0 aliphatic rings. The number of aromatic nitrogens is 1. The summed E-state index contributed by atoms with van der Waals surface area (Å²) in [6.07, 6.45) is 2.07. The minimum absolute atomic E-state index is 0.137. The largest absolute Gasteiger partial charge is 0.361 e. The number of benzene rings is 1. The van der Waals surface area contributed by atoms with E-state index in [-0.39, 0.29) is 18.2 Å². The maximum atomic E-state index is 12.0. The normalized spacial score (nSPS) is 11.6. The van der Waals surface area contributed by atoms with Gasteiger partial charge in [-0.25, -0.2) is 13.6 Å². The predicted molar refractivity (Wildman–Crippen MR) is 73.2 cm³/mol. The molecule has 4 N–H and O–H groups in total. The van der Waals surface area contributed by atoms with E-state index in [1.54, 1.807) is 18.3 Å². The molecule has 0 unspecified atom stereocenters. The van der Waals surface area contributed by atoms with Gasteiger partial charge in [-0.15, -0.1) is 0 Å². The zero-order valence-corrected chi connectivity index (χ0v) is 11.0. The average molecular weight is 281 g/mol. The first-order chi connectivity index (χ1) is 8.97. The molecule has 0 spiro atoms. The van der Waals surface area contributed by atoms with Gasteiger partial charge in [0.25, 0.3) is 5.91 Å². The standard InChI is InChI=1S/C12H15N3O3S/c13-19(17,18)8-2-6-15-12(16)10-3-1-4-11-9(10)5-7-14-11/h1,3-5,7,14H,2,6,8H2,(H,15,16)(H2,13,17,18). The Hall–Kier alpha value is -1.86. The van der Waals surface area contributed by atoms with E-state index in [4.69, 9.17) is 5.14 Å². The number of hydrogen-bond acceptors (Lipinski definition) is 3. The van der Waals surface area contributed by atoms with E-state index in [9.17, 15) is 13.2 Å². The molecule has 1 heterocycles. The molecule has 0 aliphatic heterocycles. The van der Waals surface area contributed by atoms with Crippen molar-refractivity contribution in [3.05, 3.63) is 36.0 Å². The lowest BCUT2D eigenvalue weighted by molar-refractivity contribution is 0.0955. The molecule has 7 heteroatoms. The second kappa shape index (κ2) is 5.41.